The maximum Gasteiger partial charge on any atom is 0.277 e. The van der Waals surface area contributed by atoms with E-state index in [9.17, 15) is 19.1 Å². The Bertz CT molecular complexity index is 1100. The summed E-state index contributed by atoms with van der Waals surface area (Å²) in [5, 5.41) is 14.3. The molecule has 0 aliphatic carbocycles. The predicted molar refractivity (Wildman–Crippen MR) is 106 cm³/mol. The highest BCUT2D eigenvalue weighted by atomic mass is 19.1. The van der Waals surface area contributed by atoms with Gasteiger partial charge in [-0.3, -0.25) is 9.59 Å². The number of aliphatic hydroxyl groups is 1. The Kier molecular flexibility index (Phi) is 5.19. The van der Waals surface area contributed by atoms with Crippen LogP contribution in [0.4, 0.5) is 4.39 Å². The fourth-order valence-corrected chi connectivity index (χ4v) is 3.97. The minimum atomic E-state index is -0.396. The molecule has 0 unspecified atom stereocenters. The molecule has 29 heavy (non-hydrogen) atoms. The summed E-state index contributed by atoms with van der Waals surface area (Å²) in [7, 11) is 0. The van der Waals surface area contributed by atoms with Gasteiger partial charge in [-0.15, -0.1) is 0 Å². The molecule has 0 bridgehead atoms. The molecule has 1 saturated heterocycles. The fraction of sp³-hybridized carbons (Fsp3) is 0.381. The van der Waals surface area contributed by atoms with E-state index < -0.39 is 12.2 Å². The molecule has 0 saturated carbocycles. The van der Waals surface area contributed by atoms with Crippen molar-refractivity contribution in [3.8, 4) is 11.3 Å². The molecule has 1 amide bonds. The van der Waals surface area contributed by atoms with Crippen LogP contribution in [-0.4, -0.2) is 42.7 Å². The number of benzene rings is 1. The highest BCUT2D eigenvalue weighted by Crippen LogP contribution is 2.25. The molecule has 1 N–H and O–H groups in total. The van der Waals surface area contributed by atoms with Crippen LogP contribution < -0.4 is 5.56 Å². The van der Waals surface area contributed by atoms with E-state index in [-0.39, 0.29) is 29.8 Å². The van der Waals surface area contributed by atoms with E-state index in [2.05, 4.69) is 5.10 Å². The average Bonchev–Trinajstić information content (AvgIpc) is 3.10. The van der Waals surface area contributed by atoms with Crippen molar-refractivity contribution in [3.05, 3.63) is 58.4 Å². The summed E-state index contributed by atoms with van der Waals surface area (Å²) in [6.45, 7) is 2.29. The lowest BCUT2D eigenvalue weighted by Crippen LogP contribution is -2.44. The monoisotopic (exact) mass is 398 g/mol. The molecule has 3 aromatic rings. The zero-order chi connectivity index (χ0) is 20.5. The zero-order valence-corrected chi connectivity index (χ0v) is 16.2. The number of halogens is 1. The highest BCUT2D eigenvalue weighted by Gasteiger charge is 2.24. The Hall–Kier alpha value is -3.00. The summed E-state index contributed by atoms with van der Waals surface area (Å²) in [5.41, 5.74) is 1.20. The van der Waals surface area contributed by atoms with Crippen LogP contribution in [0, 0.1) is 5.82 Å². The van der Waals surface area contributed by atoms with E-state index in [4.69, 9.17) is 0 Å². The molecular formula is C21H23FN4O3. The fourth-order valence-electron chi connectivity index (χ4n) is 3.97. The molecule has 8 heteroatoms. The summed E-state index contributed by atoms with van der Waals surface area (Å²) >= 11 is 0. The second-order valence-corrected chi connectivity index (χ2v) is 7.45. The van der Waals surface area contributed by atoms with Crippen molar-refractivity contribution < 1.29 is 14.3 Å². The van der Waals surface area contributed by atoms with Crippen LogP contribution in [-0.2, 0) is 17.9 Å². The molecular weight excluding hydrogens is 375 g/mol. The summed E-state index contributed by atoms with van der Waals surface area (Å²) in [6.07, 6.45) is 6.18. The molecule has 0 spiro atoms. The molecule has 1 atom stereocenters. The number of carbonyl (C=O) groups is 1. The number of carbonyl (C=O) groups excluding carboxylic acids is 1. The number of hydrogen-bond donors (Lipinski definition) is 1. The Morgan fingerprint density at radius 2 is 2.00 bits per heavy atom. The van der Waals surface area contributed by atoms with Crippen LogP contribution in [0.15, 0.2) is 41.5 Å². The minimum absolute atomic E-state index is 0.0540. The van der Waals surface area contributed by atoms with Crippen LogP contribution >= 0.6 is 0 Å². The van der Waals surface area contributed by atoms with Gasteiger partial charge in [0.25, 0.3) is 5.56 Å². The molecule has 152 valence electrons. The number of aliphatic hydroxyl groups excluding tert-OH is 1. The van der Waals surface area contributed by atoms with Crippen LogP contribution in [0.1, 0.15) is 31.7 Å². The van der Waals surface area contributed by atoms with E-state index in [0.29, 0.717) is 23.4 Å². The molecule has 1 aliphatic heterocycles. The lowest BCUT2D eigenvalue weighted by atomic mass is 10.0. The normalized spacial score (nSPS) is 17.1. The minimum Gasteiger partial charge on any atom is -0.392 e. The van der Waals surface area contributed by atoms with Gasteiger partial charge in [-0.1, -0.05) is 0 Å². The zero-order valence-electron chi connectivity index (χ0n) is 16.2. The number of rotatable bonds is 4. The number of fused-ring (bicyclic) bond motifs is 1. The van der Waals surface area contributed by atoms with E-state index in [1.54, 1.807) is 18.3 Å². The van der Waals surface area contributed by atoms with Gasteiger partial charge in [0.15, 0.2) is 0 Å². The van der Waals surface area contributed by atoms with E-state index in [1.807, 2.05) is 11.8 Å². The van der Waals surface area contributed by atoms with Crippen molar-refractivity contribution in [2.75, 3.05) is 6.54 Å². The average molecular weight is 398 g/mol. The second-order valence-electron chi connectivity index (χ2n) is 7.45. The number of likely N-dealkylation sites (tertiary alicyclic amines) is 1. The summed E-state index contributed by atoms with van der Waals surface area (Å²) in [5.74, 6) is -0.469. The molecule has 2 aromatic heterocycles. The quantitative estimate of drug-likeness (QED) is 0.731. The van der Waals surface area contributed by atoms with Gasteiger partial charge in [-0.2, -0.15) is 5.10 Å². The van der Waals surface area contributed by atoms with Gasteiger partial charge in [-0.25, -0.2) is 8.91 Å². The third-order valence-electron chi connectivity index (χ3n) is 5.56. The third-order valence-corrected chi connectivity index (χ3v) is 5.56. The van der Waals surface area contributed by atoms with Gasteiger partial charge in [-0.05, 0) is 50.5 Å². The summed E-state index contributed by atoms with van der Waals surface area (Å²) in [4.78, 5) is 27.6. The lowest BCUT2D eigenvalue weighted by molar-refractivity contribution is -0.135. The smallest absolute Gasteiger partial charge is 0.277 e. The highest BCUT2D eigenvalue weighted by molar-refractivity contribution is 5.77. The van der Waals surface area contributed by atoms with E-state index in [0.717, 1.165) is 19.3 Å². The van der Waals surface area contributed by atoms with Gasteiger partial charge in [0.2, 0.25) is 5.91 Å². The van der Waals surface area contributed by atoms with Crippen molar-refractivity contribution in [1.82, 2.24) is 19.1 Å². The molecule has 1 aromatic carbocycles. The molecule has 4 rings (SSSR count). The standard InChI is InChI=1S/C21H23FN4O3/c1-14-4-2-3-9-25(14)18(28)12-24-10-11-26-20(21(24)29)17(13-27)19(23-26)15-5-7-16(22)8-6-15/h5-8,10-11,14,27H,2-4,9,12-13H2,1H3/t14-/m0/s1. The molecule has 1 aliphatic rings. The van der Waals surface area contributed by atoms with Crippen LogP contribution in [0.25, 0.3) is 16.8 Å². The largest absolute Gasteiger partial charge is 0.392 e. The first kappa shape index (κ1) is 19.3. The third kappa shape index (κ3) is 3.55. The first-order chi connectivity index (χ1) is 14.0. The predicted octanol–water partition coefficient (Wildman–Crippen LogP) is 2.20. The molecule has 0 radical (unpaired) electrons. The van der Waals surface area contributed by atoms with Gasteiger partial charge >= 0.3 is 0 Å². The second kappa shape index (κ2) is 7.79. The number of hydrogen-bond acceptors (Lipinski definition) is 4. The Labute approximate surface area is 167 Å². The first-order valence-corrected chi connectivity index (χ1v) is 9.76. The number of aromatic nitrogens is 3. The summed E-state index contributed by atoms with van der Waals surface area (Å²) < 4.78 is 16.0. The number of amides is 1. The Morgan fingerprint density at radius 1 is 1.24 bits per heavy atom. The van der Waals surface area contributed by atoms with Crippen molar-refractivity contribution in [2.24, 2.45) is 0 Å². The van der Waals surface area contributed by atoms with Crippen molar-refractivity contribution in [1.29, 1.82) is 0 Å². The van der Waals surface area contributed by atoms with Crippen molar-refractivity contribution in [2.45, 2.75) is 45.4 Å². The van der Waals surface area contributed by atoms with Gasteiger partial charge in [0, 0.05) is 36.1 Å². The topological polar surface area (TPSA) is 79.8 Å². The Morgan fingerprint density at radius 3 is 2.69 bits per heavy atom. The van der Waals surface area contributed by atoms with Gasteiger partial charge in [0.1, 0.15) is 17.9 Å². The molecule has 1 fully saturated rings. The maximum absolute atomic E-state index is 13.2. The number of piperidine rings is 1. The molecule has 3 heterocycles. The van der Waals surface area contributed by atoms with Crippen molar-refractivity contribution >= 4 is 11.4 Å². The van der Waals surface area contributed by atoms with Crippen LogP contribution in [0.5, 0.6) is 0 Å². The maximum atomic E-state index is 13.2. The lowest BCUT2D eigenvalue weighted by Gasteiger charge is -2.33. The van der Waals surface area contributed by atoms with E-state index >= 15 is 0 Å². The van der Waals surface area contributed by atoms with Gasteiger partial charge in [0.05, 0.1) is 12.3 Å². The van der Waals surface area contributed by atoms with Gasteiger partial charge < -0.3 is 14.6 Å². The SMILES string of the molecule is C[C@H]1CCCCN1C(=O)Cn1ccn2nc(-c3ccc(F)cc3)c(CO)c2c1=O. The van der Waals surface area contributed by atoms with Crippen molar-refractivity contribution in [3.63, 3.8) is 0 Å². The van der Waals surface area contributed by atoms with Crippen LogP contribution in [0.2, 0.25) is 0 Å². The molecule has 7 nitrogen and oxygen atoms in total. The van der Waals surface area contributed by atoms with Crippen LogP contribution in [0.3, 0.4) is 0 Å². The summed E-state index contributed by atoms with van der Waals surface area (Å²) in [6, 6.07) is 5.88. The number of nitrogens with zero attached hydrogens (tertiary/aromatic N) is 4. The van der Waals surface area contributed by atoms with E-state index in [1.165, 1.54) is 27.4 Å². The first-order valence-electron chi connectivity index (χ1n) is 9.76. The Balaban J connectivity index is 1.72.